The third-order valence-corrected chi connectivity index (χ3v) is 3.44. The van der Waals surface area contributed by atoms with Gasteiger partial charge in [-0.15, -0.1) is 0 Å². The maximum Gasteiger partial charge on any atom is 0.226 e. The molecule has 1 N–H and O–H groups in total. The van der Waals surface area contributed by atoms with Crippen molar-refractivity contribution < 1.29 is 9.53 Å². The molecule has 1 aliphatic heterocycles. The SMILES string of the molecule is C[C@H]1OCCC[C@@H]1C(=O)NCc1cccn1C. The Morgan fingerprint density at radius 1 is 1.65 bits per heavy atom. The summed E-state index contributed by atoms with van der Waals surface area (Å²) in [5, 5.41) is 2.99. The molecule has 17 heavy (non-hydrogen) atoms. The Morgan fingerprint density at radius 3 is 3.12 bits per heavy atom. The van der Waals surface area contributed by atoms with E-state index in [1.165, 1.54) is 0 Å². The number of hydrogen-bond donors (Lipinski definition) is 1. The molecule has 94 valence electrons. The molecule has 0 saturated carbocycles. The highest BCUT2D eigenvalue weighted by Crippen LogP contribution is 2.20. The Morgan fingerprint density at radius 2 is 2.47 bits per heavy atom. The van der Waals surface area contributed by atoms with Crippen LogP contribution in [0.1, 0.15) is 25.5 Å². The Kier molecular flexibility index (Phi) is 3.84. The van der Waals surface area contributed by atoms with E-state index in [4.69, 9.17) is 4.74 Å². The average Bonchev–Trinajstić information content (AvgIpc) is 2.72. The number of amides is 1. The van der Waals surface area contributed by atoms with Crippen LogP contribution in [0.4, 0.5) is 0 Å². The minimum Gasteiger partial charge on any atom is -0.378 e. The van der Waals surface area contributed by atoms with Gasteiger partial charge >= 0.3 is 0 Å². The average molecular weight is 236 g/mol. The lowest BCUT2D eigenvalue weighted by molar-refractivity contribution is -0.133. The largest absolute Gasteiger partial charge is 0.378 e. The van der Waals surface area contributed by atoms with Gasteiger partial charge in [0.1, 0.15) is 0 Å². The Labute approximate surface area is 102 Å². The van der Waals surface area contributed by atoms with Gasteiger partial charge in [0.2, 0.25) is 5.91 Å². The highest BCUT2D eigenvalue weighted by molar-refractivity contribution is 5.79. The lowest BCUT2D eigenvalue weighted by Gasteiger charge is -2.28. The monoisotopic (exact) mass is 236 g/mol. The van der Waals surface area contributed by atoms with Gasteiger partial charge in [0.15, 0.2) is 0 Å². The van der Waals surface area contributed by atoms with Crippen molar-refractivity contribution in [3.8, 4) is 0 Å². The predicted octanol–water partition coefficient (Wildman–Crippen LogP) is 1.46. The molecule has 0 aliphatic carbocycles. The zero-order valence-corrected chi connectivity index (χ0v) is 10.5. The molecule has 0 radical (unpaired) electrons. The maximum absolute atomic E-state index is 12.0. The van der Waals surface area contributed by atoms with Gasteiger partial charge in [0, 0.05) is 25.5 Å². The smallest absolute Gasteiger partial charge is 0.226 e. The van der Waals surface area contributed by atoms with Gasteiger partial charge in [-0.05, 0) is 31.9 Å². The number of ether oxygens (including phenoxy) is 1. The van der Waals surface area contributed by atoms with Crippen LogP contribution in [0, 0.1) is 5.92 Å². The standard InChI is InChI=1S/C13H20N2O2/c1-10-12(6-4-8-17-10)13(16)14-9-11-5-3-7-15(11)2/h3,5,7,10,12H,4,6,8-9H2,1-2H3,(H,14,16)/t10-,12+/m1/s1. The number of hydrogen-bond acceptors (Lipinski definition) is 2. The summed E-state index contributed by atoms with van der Waals surface area (Å²) in [5.41, 5.74) is 1.11. The number of rotatable bonds is 3. The first-order valence-electron chi connectivity index (χ1n) is 6.18. The molecule has 2 atom stereocenters. The second kappa shape index (κ2) is 5.36. The number of nitrogens with zero attached hydrogens (tertiary/aromatic N) is 1. The fraction of sp³-hybridized carbons (Fsp3) is 0.615. The summed E-state index contributed by atoms with van der Waals surface area (Å²) >= 11 is 0. The van der Waals surface area contributed by atoms with Gasteiger partial charge in [-0.2, -0.15) is 0 Å². The molecule has 4 nitrogen and oxygen atoms in total. The molecule has 1 amide bonds. The van der Waals surface area contributed by atoms with E-state index in [1.807, 2.05) is 36.9 Å². The van der Waals surface area contributed by atoms with E-state index in [-0.39, 0.29) is 17.9 Å². The summed E-state index contributed by atoms with van der Waals surface area (Å²) in [6.45, 7) is 3.35. The van der Waals surface area contributed by atoms with Gasteiger partial charge in [0.25, 0.3) is 0 Å². The van der Waals surface area contributed by atoms with Gasteiger partial charge < -0.3 is 14.6 Å². The van der Waals surface area contributed by atoms with Crippen molar-refractivity contribution in [1.29, 1.82) is 0 Å². The summed E-state index contributed by atoms with van der Waals surface area (Å²) in [6.07, 6.45) is 3.93. The molecule has 0 spiro atoms. The molecular formula is C13H20N2O2. The van der Waals surface area contributed by atoms with Crippen molar-refractivity contribution in [3.05, 3.63) is 24.0 Å². The summed E-state index contributed by atoms with van der Waals surface area (Å²) in [4.78, 5) is 12.0. The fourth-order valence-electron chi connectivity index (χ4n) is 2.26. The van der Waals surface area contributed by atoms with Gasteiger partial charge in [-0.25, -0.2) is 0 Å². The molecule has 2 rings (SSSR count). The Bertz CT molecular complexity index is 387. The van der Waals surface area contributed by atoms with E-state index < -0.39 is 0 Å². The second-order valence-corrected chi connectivity index (χ2v) is 4.65. The molecule has 1 aromatic rings. The normalized spacial score (nSPS) is 24.6. The first-order chi connectivity index (χ1) is 8.18. The predicted molar refractivity (Wildman–Crippen MR) is 65.4 cm³/mol. The zero-order chi connectivity index (χ0) is 12.3. The topological polar surface area (TPSA) is 43.3 Å². The highest BCUT2D eigenvalue weighted by Gasteiger charge is 2.28. The van der Waals surface area contributed by atoms with Crippen molar-refractivity contribution in [1.82, 2.24) is 9.88 Å². The Hall–Kier alpha value is -1.29. The van der Waals surface area contributed by atoms with E-state index in [2.05, 4.69) is 5.32 Å². The van der Waals surface area contributed by atoms with Gasteiger partial charge in [0.05, 0.1) is 18.6 Å². The van der Waals surface area contributed by atoms with Crippen LogP contribution >= 0.6 is 0 Å². The number of nitrogens with one attached hydrogen (secondary N) is 1. The quantitative estimate of drug-likeness (QED) is 0.863. The molecule has 2 heterocycles. The third-order valence-electron chi connectivity index (χ3n) is 3.44. The van der Waals surface area contributed by atoms with Crippen LogP contribution in [-0.4, -0.2) is 23.2 Å². The van der Waals surface area contributed by atoms with E-state index in [1.54, 1.807) is 0 Å². The van der Waals surface area contributed by atoms with E-state index >= 15 is 0 Å². The zero-order valence-electron chi connectivity index (χ0n) is 10.5. The third kappa shape index (κ3) is 2.88. The molecule has 4 heteroatoms. The summed E-state index contributed by atoms with van der Waals surface area (Å²) in [7, 11) is 1.98. The molecule has 1 fully saturated rings. The van der Waals surface area contributed by atoms with Crippen LogP contribution in [0.15, 0.2) is 18.3 Å². The lowest BCUT2D eigenvalue weighted by Crippen LogP contribution is -2.40. The minimum atomic E-state index is 0.00372. The first kappa shape index (κ1) is 12.2. The van der Waals surface area contributed by atoms with Crippen LogP contribution < -0.4 is 5.32 Å². The van der Waals surface area contributed by atoms with Gasteiger partial charge in [-0.3, -0.25) is 4.79 Å². The van der Waals surface area contributed by atoms with Crippen LogP contribution in [-0.2, 0) is 23.1 Å². The minimum absolute atomic E-state index is 0.00372. The highest BCUT2D eigenvalue weighted by atomic mass is 16.5. The summed E-state index contributed by atoms with van der Waals surface area (Å²) < 4.78 is 7.52. The second-order valence-electron chi connectivity index (χ2n) is 4.65. The van der Waals surface area contributed by atoms with Crippen LogP contribution in [0.2, 0.25) is 0 Å². The van der Waals surface area contributed by atoms with E-state index in [0.29, 0.717) is 6.54 Å². The van der Waals surface area contributed by atoms with Gasteiger partial charge in [-0.1, -0.05) is 0 Å². The van der Waals surface area contributed by atoms with Crippen molar-refractivity contribution in [2.24, 2.45) is 13.0 Å². The maximum atomic E-state index is 12.0. The van der Waals surface area contributed by atoms with Crippen molar-refractivity contribution >= 4 is 5.91 Å². The Balaban J connectivity index is 1.86. The van der Waals surface area contributed by atoms with Crippen molar-refractivity contribution in [3.63, 3.8) is 0 Å². The fourth-order valence-corrected chi connectivity index (χ4v) is 2.26. The van der Waals surface area contributed by atoms with Crippen LogP contribution in [0.5, 0.6) is 0 Å². The molecule has 0 bridgehead atoms. The van der Waals surface area contributed by atoms with Crippen LogP contribution in [0.3, 0.4) is 0 Å². The summed E-state index contributed by atoms with van der Waals surface area (Å²) in [6, 6.07) is 3.99. The molecular weight excluding hydrogens is 216 g/mol. The van der Waals surface area contributed by atoms with Crippen molar-refractivity contribution in [2.45, 2.75) is 32.4 Å². The lowest BCUT2D eigenvalue weighted by atomic mass is 9.94. The molecule has 0 unspecified atom stereocenters. The number of aromatic nitrogens is 1. The number of carbonyl (C=O) groups is 1. The molecule has 1 aromatic heterocycles. The molecule has 1 aliphatic rings. The first-order valence-corrected chi connectivity index (χ1v) is 6.18. The molecule has 0 aromatic carbocycles. The molecule has 1 saturated heterocycles. The van der Waals surface area contributed by atoms with E-state index in [9.17, 15) is 4.79 Å². The van der Waals surface area contributed by atoms with E-state index in [0.717, 1.165) is 25.1 Å². The van der Waals surface area contributed by atoms with Crippen molar-refractivity contribution in [2.75, 3.05) is 6.61 Å². The number of aryl methyl sites for hydroxylation is 1. The van der Waals surface area contributed by atoms with Crippen LogP contribution in [0.25, 0.3) is 0 Å². The number of carbonyl (C=O) groups excluding carboxylic acids is 1. The summed E-state index contributed by atoms with van der Waals surface area (Å²) in [5.74, 6) is 0.113.